The quantitative estimate of drug-likeness (QED) is 0.107. The molecule has 1 fully saturated rings. The average molecular weight is 664 g/mol. The molecule has 1 aliphatic carbocycles. The standard InChI is InChI=1S/C35H62O6Si3/c1-19-21-34(29-25-37-33(11,12)38-29,40-43(15,16)31(5,6)7)22-20-27-23-28(39-42(13,14)30(2,3)4)24-35(27,26-36)41-44(17,18)32(8,9)10/h1,23,26,28-29H,21,24-25H2,2-18H3/t28-,29-,34?,35+/m1/s1/i22+1. The van der Waals surface area contributed by atoms with Crippen LogP contribution in [0.4, 0.5) is 0 Å². The highest BCUT2D eigenvalue weighted by atomic mass is 28.4. The summed E-state index contributed by atoms with van der Waals surface area (Å²) in [6.45, 7) is 37.0. The van der Waals surface area contributed by atoms with Gasteiger partial charge in [-0.3, -0.25) is 4.79 Å². The van der Waals surface area contributed by atoms with Crippen molar-refractivity contribution in [2.75, 3.05) is 6.61 Å². The molecule has 6 nitrogen and oxygen atoms in total. The van der Waals surface area contributed by atoms with Crippen molar-refractivity contribution in [2.24, 2.45) is 0 Å². The van der Waals surface area contributed by atoms with Crippen molar-refractivity contribution in [2.45, 2.75) is 173 Å². The molecule has 0 saturated carbocycles. The van der Waals surface area contributed by atoms with Gasteiger partial charge < -0.3 is 22.8 Å². The van der Waals surface area contributed by atoms with Gasteiger partial charge in [0.05, 0.1) is 19.1 Å². The maximum absolute atomic E-state index is 13.2. The molecule has 0 radical (unpaired) electrons. The fourth-order valence-electron chi connectivity index (χ4n) is 4.63. The molecule has 0 spiro atoms. The minimum atomic E-state index is -2.41. The molecule has 0 bridgehead atoms. The van der Waals surface area contributed by atoms with Crippen LogP contribution in [0.1, 0.15) is 89.0 Å². The molecule has 4 atom stereocenters. The van der Waals surface area contributed by atoms with Gasteiger partial charge in [0.2, 0.25) is 0 Å². The molecule has 2 aliphatic rings. The van der Waals surface area contributed by atoms with E-state index >= 15 is 0 Å². The van der Waals surface area contributed by atoms with E-state index in [1.54, 1.807) is 0 Å². The maximum atomic E-state index is 13.2. The predicted molar refractivity (Wildman–Crippen MR) is 189 cm³/mol. The van der Waals surface area contributed by atoms with Crippen LogP contribution in [0.25, 0.3) is 0 Å². The Morgan fingerprint density at radius 1 is 0.932 bits per heavy atom. The Hall–Kier alpha value is -1.02. The van der Waals surface area contributed by atoms with Crippen LogP contribution in [0.15, 0.2) is 11.6 Å². The Bertz CT molecular complexity index is 1200. The summed E-state index contributed by atoms with van der Waals surface area (Å²) in [6, 6.07) is 0. The zero-order chi connectivity index (χ0) is 34.4. The molecule has 1 heterocycles. The van der Waals surface area contributed by atoms with Gasteiger partial charge in [-0.15, -0.1) is 12.3 Å². The van der Waals surface area contributed by atoms with Crippen LogP contribution in [0.2, 0.25) is 54.4 Å². The first-order valence-corrected chi connectivity index (χ1v) is 24.8. The molecule has 9 heteroatoms. The minimum absolute atomic E-state index is 0.00493. The summed E-state index contributed by atoms with van der Waals surface area (Å²) in [7, 11) is -6.99. The number of carbonyl (C=O) groups is 1. The van der Waals surface area contributed by atoms with Crippen LogP contribution in [0, 0.1) is 24.2 Å². The summed E-state index contributed by atoms with van der Waals surface area (Å²) in [4.78, 5) is 13.2. The van der Waals surface area contributed by atoms with Crippen molar-refractivity contribution in [1.82, 2.24) is 0 Å². The highest BCUT2D eigenvalue weighted by Crippen LogP contribution is 2.47. The number of hydrogen-bond acceptors (Lipinski definition) is 6. The molecular formula is C35H62O6Si3. The molecule has 0 aromatic carbocycles. The number of hydrogen-bond donors (Lipinski definition) is 0. The number of carbonyl (C=O) groups excluding carboxylic acids is 1. The Morgan fingerprint density at radius 3 is 1.86 bits per heavy atom. The summed E-state index contributed by atoms with van der Waals surface area (Å²) in [5, 5.41) is -0.208. The Morgan fingerprint density at radius 2 is 1.45 bits per heavy atom. The third kappa shape index (κ3) is 8.46. The van der Waals surface area contributed by atoms with Gasteiger partial charge in [-0.1, -0.05) is 74.2 Å². The molecule has 1 unspecified atom stereocenters. The largest absolute Gasteiger partial charge is 0.410 e. The van der Waals surface area contributed by atoms with E-state index in [2.05, 4.69) is 119 Å². The first-order valence-electron chi connectivity index (χ1n) is 16.0. The Balaban J connectivity index is 2.81. The van der Waals surface area contributed by atoms with Gasteiger partial charge in [0.25, 0.3) is 0 Å². The van der Waals surface area contributed by atoms with Crippen molar-refractivity contribution < 1.29 is 27.5 Å². The predicted octanol–water partition coefficient (Wildman–Crippen LogP) is 8.61. The fraction of sp³-hybridized carbons (Fsp3) is 0.800. The zero-order valence-electron chi connectivity index (χ0n) is 31.0. The molecule has 0 N–H and O–H groups in total. The highest BCUT2D eigenvalue weighted by molar-refractivity contribution is 6.75. The molecule has 0 aromatic rings. The van der Waals surface area contributed by atoms with Crippen LogP contribution < -0.4 is 0 Å². The van der Waals surface area contributed by atoms with Gasteiger partial charge in [0, 0.05) is 12.0 Å². The first kappa shape index (κ1) is 39.2. The summed E-state index contributed by atoms with van der Waals surface area (Å²) in [5.41, 5.74) is -1.76. The summed E-state index contributed by atoms with van der Waals surface area (Å²) < 4.78 is 33.4. The van der Waals surface area contributed by atoms with Crippen LogP contribution in [0.5, 0.6) is 0 Å². The topological polar surface area (TPSA) is 63.2 Å². The zero-order valence-corrected chi connectivity index (χ0v) is 34.0. The van der Waals surface area contributed by atoms with Crippen molar-refractivity contribution in [3.05, 3.63) is 11.6 Å². The smallest absolute Gasteiger partial charge is 0.194 e. The van der Waals surface area contributed by atoms with Gasteiger partial charge in [-0.05, 0) is 74.3 Å². The number of aldehydes is 1. The van der Waals surface area contributed by atoms with Crippen LogP contribution in [0.3, 0.4) is 0 Å². The lowest BCUT2D eigenvalue weighted by atomic mass is 9.97. The van der Waals surface area contributed by atoms with Gasteiger partial charge in [-0.25, -0.2) is 0 Å². The fourth-order valence-corrected chi connectivity index (χ4v) is 8.82. The molecule has 250 valence electrons. The van der Waals surface area contributed by atoms with Gasteiger partial charge >= 0.3 is 0 Å². The Kier molecular flexibility index (Phi) is 11.2. The second-order valence-corrected chi connectivity index (χ2v) is 32.0. The molecule has 0 amide bonds. The molecule has 1 aliphatic heterocycles. The minimum Gasteiger partial charge on any atom is -0.410 e. The molecular weight excluding hydrogens is 602 g/mol. The second kappa shape index (κ2) is 12.5. The summed E-state index contributed by atoms with van der Waals surface area (Å²) in [5.74, 6) is 8.97. The van der Waals surface area contributed by atoms with Crippen molar-refractivity contribution in [3.63, 3.8) is 0 Å². The lowest BCUT2D eigenvalue weighted by molar-refractivity contribution is -0.157. The normalized spacial score (nSPS) is 26.3. The van der Waals surface area contributed by atoms with E-state index in [0.29, 0.717) is 18.6 Å². The van der Waals surface area contributed by atoms with E-state index in [1.165, 1.54) is 0 Å². The average Bonchev–Trinajstić information content (AvgIpc) is 3.34. The second-order valence-electron chi connectivity index (χ2n) is 17.8. The van der Waals surface area contributed by atoms with E-state index in [0.717, 1.165) is 6.29 Å². The molecule has 1 saturated heterocycles. The van der Waals surface area contributed by atoms with E-state index in [4.69, 9.17) is 29.2 Å². The monoisotopic (exact) mass is 663 g/mol. The van der Waals surface area contributed by atoms with Crippen LogP contribution in [-0.2, 0) is 27.5 Å². The third-order valence-electron chi connectivity index (χ3n) is 10.5. The van der Waals surface area contributed by atoms with Crippen molar-refractivity contribution >= 4 is 31.2 Å². The first-order chi connectivity index (χ1) is 19.5. The van der Waals surface area contributed by atoms with Crippen LogP contribution >= 0.6 is 0 Å². The Labute approximate surface area is 273 Å². The number of ether oxygens (including phenoxy) is 2. The summed E-state index contributed by atoms with van der Waals surface area (Å²) in [6.07, 6.45) is 8.77. The van der Waals surface area contributed by atoms with Crippen molar-refractivity contribution in [1.29, 1.82) is 0 Å². The van der Waals surface area contributed by atoms with E-state index in [9.17, 15) is 4.79 Å². The SMILES string of the molecule is C#CCC([13C]#CC1=C[C@@H](O[Si](C)(C)C(C)(C)C)C[C@@]1(C=O)O[Si](C)(C)C(C)(C)C)(O[Si](C)(C)C(C)(C)C)[C@H]1COC(C)(C)O1. The highest BCUT2D eigenvalue weighted by Gasteiger charge is 2.54. The van der Waals surface area contributed by atoms with E-state index in [-0.39, 0.29) is 27.6 Å². The number of rotatable bonds is 9. The molecule has 44 heavy (non-hydrogen) atoms. The molecule has 2 rings (SSSR count). The van der Waals surface area contributed by atoms with Crippen LogP contribution in [-0.4, -0.2) is 67.0 Å². The van der Waals surface area contributed by atoms with Crippen molar-refractivity contribution in [3.8, 4) is 24.2 Å². The number of terminal acetylenes is 1. The van der Waals surface area contributed by atoms with Gasteiger partial charge in [0.15, 0.2) is 42.6 Å². The maximum Gasteiger partial charge on any atom is 0.194 e. The summed E-state index contributed by atoms with van der Waals surface area (Å²) >= 11 is 0. The van der Waals surface area contributed by atoms with E-state index in [1.807, 2.05) is 19.9 Å². The lowest BCUT2D eigenvalue weighted by Gasteiger charge is -2.45. The molecule has 0 aromatic heterocycles. The van der Waals surface area contributed by atoms with Gasteiger partial charge in [-0.2, -0.15) is 0 Å². The third-order valence-corrected chi connectivity index (χ3v) is 24.0. The van der Waals surface area contributed by atoms with Gasteiger partial charge in [0.1, 0.15) is 11.7 Å². The lowest BCUT2D eigenvalue weighted by Crippen LogP contribution is -2.55. The van der Waals surface area contributed by atoms with E-state index < -0.39 is 48.0 Å².